The van der Waals surface area contributed by atoms with E-state index in [-0.39, 0.29) is 16.3 Å². The molecule has 1 aliphatic heterocycles. The summed E-state index contributed by atoms with van der Waals surface area (Å²) in [5, 5.41) is 0. The van der Waals surface area contributed by atoms with Gasteiger partial charge in [-0.05, 0) is 42.8 Å². The monoisotopic (exact) mass is 455 g/mol. The van der Waals surface area contributed by atoms with Crippen molar-refractivity contribution in [3.8, 4) is 0 Å². The van der Waals surface area contributed by atoms with Crippen molar-refractivity contribution in [2.45, 2.75) is 16.2 Å². The Morgan fingerprint density at radius 1 is 0.839 bits per heavy atom. The van der Waals surface area contributed by atoms with E-state index in [1.165, 1.54) is 12.1 Å². The van der Waals surface area contributed by atoms with Gasteiger partial charge in [0.1, 0.15) is 4.90 Å². The van der Waals surface area contributed by atoms with Crippen molar-refractivity contribution in [3.63, 3.8) is 0 Å². The second-order valence-corrected chi connectivity index (χ2v) is 10.3. The van der Waals surface area contributed by atoms with Crippen molar-refractivity contribution in [3.05, 3.63) is 90.5 Å². The molecule has 0 saturated heterocycles. The van der Waals surface area contributed by atoms with Crippen molar-refractivity contribution in [2.75, 3.05) is 18.0 Å². The van der Waals surface area contributed by atoms with E-state index in [2.05, 4.69) is 9.12 Å². The van der Waals surface area contributed by atoms with E-state index in [1.54, 1.807) is 47.4 Å². The van der Waals surface area contributed by atoms with Crippen molar-refractivity contribution in [1.82, 2.24) is 4.72 Å². The quantitative estimate of drug-likeness (QED) is 0.553. The summed E-state index contributed by atoms with van der Waals surface area (Å²) in [6.07, 6.45) is 0.447. The Morgan fingerprint density at radius 2 is 1.45 bits per heavy atom. The van der Waals surface area contributed by atoms with E-state index in [4.69, 9.17) is 0 Å². The molecule has 1 heterocycles. The minimum atomic E-state index is -3.76. The predicted octanol–water partition coefficient (Wildman–Crippen LogP) is 3.01. The highest BCUT2D eigenvalue weighted by Gasteiger charge is 2.32. The van der Waals surface area contributed by atoms with Crippen LogP contribution >= 0.6 is 0 Å². The minimum Gasteiger partial charge on any atom is -0.325 e. The van der Waals surface area contributed by atoms with E-state index in [9.17, 15) is 16.8 Å². The number of rotatable bonds is 7. The Labute approximate surface area is 182 Å². The molecule has 3 aromatic carbocycles. The van der Waals surface area contributed by atoms with Gasteiger partial charge in [-0.3, -0.25) is 0 Å². The van der Waals surface area contributed by atoms with Gasteiger partial charge in [0.05, 0.1) is 4.90 Å². The van der Waals surface area contributed by atoms with Gasteiger partial charge < -0.3 is 4.90 Å². The van der Waals surface area contributed by atoms with E-state index < -0.39 is 20.0 Å². The highest BCUT2D eigenvalue weighted by Crippen LogP contribution is 2.29. The molecule has 31 heavy (non-hydrogen) atoms. The molecule has 0 bridgehead atoms. The number of nitrogens with zero attached hydrogens (tertiary/aromatic N) is 2. The number of anilines is 1. The lowest BCUT2D eigenvalue weighted by molar-refractivity contribution is 0.579. The summed E-state index contributed by atoms with van der Waals surface area (Å²) < 4.78 is 56.5. The molecule has 0 spiro atoms. The van der Waals surface area contributed by atoms with E-state index >= 15 is 0 Å². The molecular formula is C22H21N3O4S2. The van der Waals surface area contributed by atoms with Crippen LogP contribution in [0.4, 0.5) is 5.69 Å². The molecule has 0 saturated carbocycles. The molecule has 0 fully saturated rings. The zero-order chi connectivity index (χ0) is 21.9. The smallest absolute Gasteiger partial charge is 0.285 e. The first kappa shape index (κ1) is 21.2. The molecule has 1 N–H and O–H groups in total. The van der Waals surface area contributed by atoms with Gasteiger partial charge in [0.2, 0.25) is 10.0 Å². The van der Waals surface area contributed by atoms with Gasteiger partial charge in [0.15, 0.2) is 5.84 Å². The molecule has 0 radical (unpaired) electrons. The Kier molecular flexibility index (Phi) is 5.90. The Morgan fingerprint density at radius 3 is 2.16 bits per heavy atom. The van der Waals surface area contributed by atoms with Gasteiger partial charge >= 0.3 is 0 Å². The van der Waals surface area contributed by atoms with Crippen molar-refractivity contribution >= 4 is 31.6 Å². The van der Waals surface area contributed by atoms with E-state index in [0.717, 1.165) is 5.69 Å². The summed E-state index contributed by atoms with van der Waals surface area (Å²) in [7, 11) is -7.37. The van der Waals surface area contributed by atoms with Crippen molar-refractivity contribution < 1.29 is 16.8 Å². The van der Waals surface area contributed by atoms with Crippen LogP contribution in [0.25, 0.3) is 0 Å². The third kappa shape index (κ3) is 4.53. The van der Waals surface area contributed by atoms with Crippen LogP contribution in [-0.2, 0) is 20.0 Å². The Balaban J connectivity index is 1.55. The lowest BCUT2D eigenvalue weighted by Gasteiger charge is -2.24. The topological polar surface area (TPSA) is 95.9 Å². The van der Waals surface area contributed by atoms with Crippen molar-refractivity contribution in [2.24, 2.45) is 4.40 Å². The van der Waals surface area contributed by atoms with Crippen LogP contribution < -0.4 is 9.62 Å². The first-order valence-corrected chi connectivity index (χ1v) is 12.6. The summed E-state index contributed by atoms with van der Waals surface area (Å²) in [6, 6.07) is 24.2. The predicted molar refractivity (Wildman–Crippen MR) is 120 cm³/mol. The number of amidine groups is 1. The summed E-state index contributed by atoms with van der Waals surface area (Å²) in [6.45, 7) is 0.576. The summed E-state index contributed by atoms with van der Waals surface area (Å²) in [5.41, 5.74) is 1.32. The standard InChI is InChI=1S/C22H21N3O4S2/c26-30(27,19-12-5-2-6-13-19)23-16-9-17-25(18-10-3-1-4-11-18)22-20-14-7-8-15-21(20)31(28,29)24-22/h1-8,10-15,23H,9,16-17H2. The van der Waals surface area contributed by atoms with E-state index in [1.807, 2.05) is 30.3 Å². The van der Waals surface area contributed by atoms with Gasteiger partial charge in [-0.1, -0.05) is 48.5 Å². The summed E-state index contributed by atoms with van der Waals surface area (Å²) in [5.74, 6) is 0.340. The molecule has 7 nitrogen and oxygen atoms in total. The second kappa shape index (κ2) is 8.62. The van der Waals surface area contributed by atoms with Gasteiger partial charge in [-0.15, -0.1) is 4.40 Å². The molecule has 0 atom stereocenters. The van der Waals surface area contributed by atoms with Crippen LogP contribution in [-0.4, -0.2) is 35.8 Å². The molecule has 0 unspecified atom stereocenters. The van der Waals surface area contributed by atoms with Crippen LogP contribution in [0.2, 0.25) is 0 Å². The van der Waals surface area contributed by atoms with Crippen molar-refractivity contribution in [1.29, 1.82) is 0 Å². The van der Waals surface area contributed by atoms with Gasteiger partial charge in [-0.2, -0.15) is 8.42 Å². The Hall–Kier alpha value is -3.01. The fourth-order valence-electron chi connectivity index (χ4n) is 3.38. The number of para-hydroxylation sites is 1. The molecule has 1 aliphatic rings. The molecule has 4 rings (SSSR count). The second-order valence-electron chi connectivity index (χ2n) is 6.94. The van der Waals surface area contributed by atoms with Crippen LogP contribution in [0, 0.1) is 0 Å². The third-order valence-corrected chi connectivity index (χ3v) is 7.64. The summed E-state index contributed by atoms with van der Waals surface area (Å²) >= 11 is 0. The zero-order valence-corrected chi connectivity index (χ0v) is 18.2. The van der Waals surface area contributed by atoms with Crippen LogP contribution in [0.5, 0.6) is 0 Å². The number of hydrogen-bond donors (Lipinski definition) is 1. The lowest BCUT2D eigenvalue weighted by atomic mass is 10.1. The van der Waals surface area contributed by atoms with Gasteiger partial charge in [0, 0.05) is 24.3 Å². The van der Waals surface area contributed by atoms with Gasteiger partial charge in [-0.25, -0.2) is 13.1 Å². The first-order valence-electron chi connectivity index (χ1n) is 9.70. The maximum Gasteiger partial charge on any atom is 0.285 e. The highest BCUT2D eigenvalue weighted by atomic mass is 32.2. The molecule has 160 valence electrons. The number of sulfonamides is 2. The maximum absolute atomic E-state index is 12.5. The average Bonchev–Trinajstić information content (AvgIpc) is 3.06. The fraction of sp³-hybridized carbons (Fsp3) is 0.136. The number of hydrogen-bond acceptors (Lipinski definition) is 5. The van der Waals surface area contributed by atoms with Gasteiger partial charge in [0.25, 0.3) is 10.0 Å². The average molecular weight is 456 g/mol. The lowest BCUT2D eigenvalue weighted by Crippen LogP contribution is -2.34. The molecule has 0 amide bonds. The van der Waals surface area contributed by atoms with Crippen LogP contribution in [0.1, 0.15) is 12.0 Å². The SMILES string of the molecule is O=S1(=O)N=C(N(CCCNS(=O)(=O)c2ccccc2)c2ccccc2)c2ccccc21. The normalized spacial score (nSPS) is 14.6. The fourth-order valence-corrected chi connectivity index (χ4v) is 5.68. The minimum absolute atomic E-state index is 0.177. The number of fused-ring (bicyclic) bond motifs is 1. The number of benzene rings is 3. The highest BCUT2D eigenvalue weighted by molar-refractivity contribution is 7.90. The number of nitrogens with one attached hydrogen (secondary N) is 1. The first-order chi connectivity index (χ1) is 14.9. The van der Waals surface area contributed by atoms with E-state index in [0.29, 0.717) is 24.4 Å². The van der Waals surface area contributed by atoms with Crippen LogP contribution in [0.3, 0.4) is 0 Å². The molecular weight excluding hydrogens is 434 g/mol. The summed E-state index contributed by atoms with van der Waals surface area (Å²) in [4.78, 5) is 2.19. The molecule has 3 aromatic rings. The molecule has 0 aliphatic carbocycles. The maximum atomic E-state index is 12.5. The molecule has 9 heteroatoms. The van der Waals surface area contributed by atoms with Crippen LogP contribution in [0.15, 0.2) is 99.1 Å². The largest absolute Gasteiger partial charge is 0.325 e. The Bertz CT molecular complexity index is 1310. The molecule has 0 aromatic heterocycles. The third-order valence-electron chi connectivity index (χ3n) is 4.84. The zero-order valence-electron chi connectivity index (χ0n) is 16.5.